The summed E-state index contributed by atoms with van der Waals surface area (Å²) in [5, 5.41) is 0. The summed E-state index contributed by atoms with van der Waals surface area (Å²) in [4.78, 5) is -0.0462. The minimum absolute atomic E-state index is 0. The second kappa shape index (κ2) is 6.32. The third-order valence-electron chi connectivity index (χ3n) is 1.71. The highest BCUT2D eigenvalue weighted by Crippen LogP contribution is 2.39. The molecule has 0 bridgehead atoms. The lowest BCUT2D eigenvalue weighted by atomic mass is 10.1. The number of benzene rings is 1. The van der Waals surface area contributed by atoms with Crippen LogP contribution in [0.5, 0.6) is 0 Å². The van der Waals surface area contributed by atoms with Crippen LogP contribution in [-0.2, 0) is 0 Å². The van der Waals surface area contributed by atoms with Crippen LogP contribution in [0.3, 0.4) is 0 Å². The summed E-state index contributed by atoms with van der Waals surface area (Å²) in [6.45, 7) is -0.880. The number of hydrogen-bond acceptors (Lipinski definition) is 2. The second-order valence-electron chi connectivity index (χ2n) is 2.85. The van der Waals surface area contributed by atoms with E-state index in [1.807, 2.05) is 0 Å². The molecule has 0 amide bonds. The van der Waals surface area contributed by atoms with E-state index < -0.39 is 18.2 Å². The van der Waals surface area contributed by atoms with E-state index in [0.29, 0.717) is 0 Å². The number of alkyl halides is 4. The molecule has 2 N–H and O–H groups in total. The Bertz CT molecular complexity index is 332. The predicted molar refractivity (Wildman–Crippen MR) is 58.5 cm³/mol. The first-order valence-corrected chi connectivity index (χ1v) is 4.92. The van der Waals surface area contributed by atoms with Crippen LogP contribution in [0.2, 0.25) is 0 Å². The van der Waals surface area contributed by atoms with Gasteiger partial charge in [-0.1, -0.05) is 18.2 Å². The van der Waals surface area contributed by atoms with Crippen molar-refractivity contribution in [3.8, 4) is 0 Å². The van der Waals surface area contributed by atoms with Gasteiger partial charge in [0.1, 0.15) is 6.67 Å². The summed E-state index contributed by atoms with van der Waals surface area (Å²) in [5.74, 6) is 0. The fourth-order valence-electron chi connectivity index (χ4n) is 1.09. The van der Waals surface area contributed by atoms with Crippen molar-refractivity contribution in [1.82, 2.24) is 0 Å². The summed E-state index contributed by atoms with van der Waals surface area (Å²) < 4.78 is 48.6. The van der Waals surface area contributed by atoms with Crippen LogP contribution in [0.4, 0.5) is 17.6 Å². The fraction of sp³-hybridized carbons (Fsp3) is 0.333. The lowest BCUT2D eigenvalue weighted by Crippen LogP contribution is -2.14. The van der Waals surface area contributed by atoms with Crippen LogP contribution in [-0.4, -0.2) is 12.2 Å². The zero-order valence-electron chi connectivity index (χ0n) is 8.00. The normalized spacial score (nSPS) is 13.1. The van der Waals surface area contributed by atoms with Gasteiger partial charge in [-0.2, -0.15) is 13.2 Å². The van der Waals surface area contributed by atoms with Gasteiger partial charge in [-0.25, -0.2) is 4.39 Å². The monoisotopic (exact) mass is 275 g/mol. The van der Waals surface area contributed by atoms with Crippen molar-refractivity contribution in [2.75, 3.05) is 6.67 Å². The van der Waals surface area contributed by atoms with E-state index in [9.17, 15) is 17.6 Å². The predicted octanol–water partition coefficient (Wildman–Crippen LogP) is 3.69. The molecule has 0 aliphatic heterocycles. The molecule has 1 atom stereocenters. The molecule has 1 aromatic carbocycles. The van der Waals surface area contributed by atoms with E-state index in [-0.39, 0.29) is 34.6 Å². The highest BCUT2D eigenvalue weighted by molar-refractivity contribution is 8.00. The molecule has 0 fully saturated rings. The van der Waals surface area contributed by atoms with Gasteiger partial charge in [0.25, 0.3) is 0 Å². The smallest absolute Gasteiger partial charge is 0.322 e. The third-order valence-corrected chi connectivity index (χ3v) is 2.53. The first kappa shape index (κ1) is 15.5. The standard InChI is InChI=1S/C9H9F4NS.ClH/c10-5-7(14)6-3-1-2-4-8(6)15-9(11,12)13;/h1-4,7H,5,14H2;1H/t7-;/m1./s1. The molecule has 1 rings (SSSR count). The van der Waals surface area contributed by atoms with Gasteiger partial charge in [0.15, 0.2) is 0 Å². The topological polar surface area (TPSA) is 26.0 Å². The molecular formula is C9H10ClF4NS. The molecule has 0 radical (unpaired) electrons. The molecule has 0 saturated heterocycles. The van der Waals surface area contributed by atoms with Crippen molar-refractivity contribution in [2.45, 2.75) is 16.4 Å². The van der Waals surface area contributed by atoms with Gasteiger partial charge in [0, 0.05) is 4.90 Å². The molecule has 1 aromatic rings. The zero-order chi connectivity index (χ0) is 11.5. The Morgan fingerprint density at radius 3 is 2.31 bits per heavy atom. The van der Waals surface area contributed by atoms with Crippen LogP contribution in [0.15, 0.2) is 29.2 Å². The van der Waals surface area contributed by atoms with Gasteiger partial charge in [-0.05, 0) is 23.4 Å². The number of halogens is 5. The van der Waals surface area contributed by atoms with E-state index >= 15 is 0 Å². The average molecular weight is 276 g/mol. The Kier molecular flexibility index (Phi) is 6.14. The SMILES string of the molecule is Cl.N[C@H](CF)c1ccccc1SC(F)(F)F. The number of rotatable bonds is 3. The van der Waals surface area contributed by atoms with Gasteiger partial charge in [0.05, 0.1) is 6.04 Å². The van der Waals surface area contributed by atoms with Crippen LogP contribution in [0, 0.1) is 0 Å². The molecule has 0 aromatic heterocycles. The molecule has 16 heavy (non-hydrogen) atoms. The summed E-state index contributed by atoms with van der Waals surface area (Å²) in [5.41, 5.74) is 1.16. The molecule has 7 heteroatoms. The molecule has 1 nitrogen and oxygen atoms in total. The Morgan fingerprint density at radius 1 is 1.25 bits per heavy atom. The summed E-state index contributed by atoms with van der Waals surface area (Å²) in [6, 6.07) is 4.67. The first-order chi connectivity index (χ1) is 6.94. The summed E-state index contributed by atoms with van der Waals surface area (Å²) in [6.07, 6.45) is 0. The van der Waals surface area contributed by atoms with Crippen LogP contribution in [0.25, 0.3) is 0 Å². The van der Waals surface area contributed by atoms with Gasteiger partial charge >= 0.3 is 5.51 Å². The molecule has 0 unspecified atom stereocenters. The third kappa shape index (κ3) is 4.59. The quantitative estimate of drug-likeness (QED) is 0.672. The largest absolute Gasteiger partial charge is 0.446 e. The van der Waals surface area contributed by atoms with Crippen molar-refractivity contribution in [2.24, 2.45) is 5.73 Å². The second-order valence-corrected chi connectivity index (χ2v) is 3.95. The Labute approximate surface area is 101 Å². The van der Waals surface area contributed by atoms with E-state index in [1.165, 1.54) is 24.3 Å². The Hall–Kier alpha value is -0.460. The maximum Gasteiger partial charge on any atom is 0.446 e. The molecule has 0 heterocycles. The highest BCUT2D eigenvalue weighted by Gasteiger charge is 2.30. The molecular weight excluding hydrogens is 266 g/mol. The van der Waals surface area contributed by atoms with Crippen LogP contribution >= 0.6 is 24.2 Å². The first-order valence-electron chi connectivity index (χ1n) is 4.10. The van der Waals surface area contributed by atoms with Gasteiger partial charge in [-0.3, -0.25) is 0 Å². The Morgan fingerprint density at radius 2 is 1.81 bits per heavy atom. The average Bonchev–Trinajstić information content (AvgIpc) is 2.15. The Balaban J connectivity index is 0.00000225. The molecule has 0 spiro atoms. The minimum Gasteiger partial charge on any atom is -0.322 e. The van der Waals surface area contributed by atoms with Crippen molar-refractivity contribution in [1.29, 1.82) is 0 Å². The van der Waals surface area contributed by atoms with E-state index in [4.69, 9.17) is 5.73 Å². The lowest BCUT2D eigenvalue weighted by molar-refractivity contribution is -0.0328. The summed E-state index contributed by atoms with van der Waals surface area (Å²) in [7, 11) is 0. The number of hydrogen-bond donors (Lipinski definition) is 1. The van der Waals surface area contributed by atoms with Crippen molar-refractivity contribution in [3.05, 3.63) is 29.8 Å². The van der Waals surface area contributed by atoms with E-state index in [2.05, 4.69) is 0 Å². The van der Waals surface area contributed by atoms with Crippen molar-refractivity contribution < 1.29 is 17.6 Å². The molecule has 0 aliphatic carbocycles. The van der Waals surface area contributed by atoms with E-state index in [1.54, 1.807) is 0 Å². The van der Waals surface area contributed by atoms with Crippen molar-refractivity contribution in [3.63, 3.8) is 0 Å². The number of thioether (sulfide) groups is 1. The van der Waals surface area contributed by atoms with E-state index in [0.717, 1.165) is 0 Å². The van der Waals surface area contributed by atoms with Gasteiger partial charge in [-0.15, -0.1) is 12.4 Å². The van der Waals surface area contributed by atoms with Crippen LogP contribution in [0.1, 0.15) is 11.6 Å². The van der Waals surface area contributed by atoms with Gasteiger partial charge in [0.2, 0.25) is 0 Å². The maximum atomic E-state index is 12.3. The number of nitrogens with two attached hydrogens (primary N) is 1. The van der Waals surface area contributed by atoms with Crippen LogP contribution < -0.4 is 5.73 Å². The molecule has 0 aliphatic rings. The lowest BCUT2D eigenvalue weighted by Gasteiger charge is -2.14. The summed E-state index contributed by atoms with van der Waals surface area (Å²) >= 11 is -0.276. The zero-order valence-corrected chi connectivity index (χ0v) is 9.63. The van der Waals surface area contributed by atoms with Gasteiger partial charge < -0.3 is 5.73 Å². The molecule has 92 valence electrons. The molecule has 0 saturated carbocycles. The maximum absolute atomic E-state index is 12.3. The van der Waals surface area contributed by atoms with Crippen molar-refractivity contribution >= 4 is 24.2 Å². The highest BCUT2D eigenvalue weighted by atomic mass is 35.5. The fourth-order valence-corrected chi connectivity index (χ4v) is 1.82. The minimum atomic E-state index is -4.38.